The number of carbonyl (C=O) groups is 2. The predicted molar refractivity (Wildman–Crippen MR) is 106 cm³/mol. The van der Waals surface area contributed by atoms with Gasteiger partial charge in [-0.05, 0) is 36.4 Å². The molecule has 0 spiro atoms. The van der Waals surface area contributed by atoms with Gasteiger partial charge >= 0.3 is 0 Å². The summed E-state index contributed by atoms with van der Waals surface area (Å²) in [7, 11) is 0. The number of ketones is 1. The van der Waals surface area contributed by atoms with E-state index < -0.39 is 23.5 Å². The van der Waals surface area contributed by atoms with Crippen LogP contribution in [0.15, 0.2) is 93.3 Å². The highest BCUT2D eigenvalue weighted by molar-refractivity contribution is 6.15. The van der Waals surface area contributed by atoms with Crippen LogP contribution in [-0.4, -0.2) is 26.7 Å². The van der Waals surface area contributed by atoms with E-state index in [2.05, 4.69) is 4.98 Å². The molecule has 5 rings (SSSR count). The summed E-state index contributed by atoms with van der Waals surface area (Å²) in [5, 5.41) is 11.4. The summed E-state index contributed by atoms with van der Waals surface area (Å²) in [4.78, 5) is 31.8. The Kier molecular flexibility index (Phi) is 4.21. The average molecular weight is 400 g/mol. The van der Waals surface area contributed by atoms with Crippen molar-refractivity contribution in [1.82, 2.24) is 9.88 Å². The molecular weight excluding hydrogens is 384 g/mol. The van der Waals surface area contributed by atoms with Crippen molar-refractivity contribution in [1.29, 1.82) is 0 Å². The zero-order chi connectivity index (χ0) is 20.7. The molecule has 0 bridgehead atoms. The van der Waals surface area contributed by atoms with Crippen LogP contribution in [0.2, 0.25) is 0 Å². The number of benzene rings is 1. The van der Waals surface area contributed by atoms with Crippen LogP contribution in [0.25, 0.3) is 11.0 Å². The van der Waals surface area contributed by atoms with Gasteiger partial charge in [0.15, 0.2) is 11.5 Å². The van der Waals surface area contributed by atoms with Gasteiger partial charge in [0.1, 0.15) is 17.4 Å². The molecule has 3 aromatic heterocycles. The van der Waals surface area contributed by atoms with E-state index in [0.717, 1.165) is 5.39 Å². The van der Waals surface area contributed by atoms with Gasteiger partial charge in [-0.2, -0.15) is 0 Å². The quantitative estimate of drug-likeness (QED) is 0.504. The van der Waals surface area contributed by atoms with Gasteiger partial charge in [-0.1, -0.05) is 24.3 Å². The third-order valence-electron chi connectivity index (χ3n) is 5.07. The van der Waals surface area contributed by atoms with Crippen LogP contribution in [0.1, 0.15) is 28.1 Å². The van der Waals surface area contributed by atoms with E-state index in [-0.39, 0.29) is 17.9 Å². The number of para-hydroxylation sites is 1. The maximum absolute atomic E-state index is 13.3. The first kappa shape index (κ1) is 17.9. The second-order valence-corrected chi connectivity index (χ2v) is 6.91. The lowest BCUT2D eigenvalue weighted by Crippen LogP contribution is -2.30. The van der Waals surface area contributed by atoms with Crippen molar-refractivity contribution in [2.45, 2.75) is 12.6 Å². The molecule has 148 valence electrons. The first-order valence-corrected chi connectivity index (χ1v) is 9.34. The Morgan fingerprint density at radius 3 is 2.67 bits per heavy atom. The summed E-state index contributed by atoms with van der Waals surface area (Å²) >= 11 is 0. The number of rotatable bonds is 5. The van der Waals surface area contributed by atoms with Crippen molar-refractivity contribution in [2.24, 2.45) is 0 Å². The topological polar surface area (TPSA) is 96.8 Å². The predicted octanol–water partition coefficient (Wildman–Crippen LogP) is 4.20. The van der Waals surface area contributed by atoms with Crippen LogP contribution < -0.4 is 0 Å². The maximum Gasteiger partial charge on any atom is 0.290 e. The normalized spacial score (nSPS) is 16.6. The second-order valence-electron chi connectivity index (χ2n) is 6.91. The minimum Gasteiger partial charge on any atom is -0.503 e. The van der Waals surface area contributed by atoms with Crippen molar-refractivity contribution in [3.05, 3.63) is 102 Å². The molecule has 4 aromatic rings. The summed E-state index contributed by atoms with van der Waals surface area (Å²) in [5.41, 5.74) is 1.09. The number of hydrogen-bond acceptors (Lipinski definition) is 6. The molecule has 1 atom stereocenters. The van der Waals surface area contributed by atoms with Gasteiger partial charge in [0.05, 0.1) is 24.1 Å². The Morgan fingerprint density at radius 1 is 1.10 bits per heavy atom. The van der Waals surface area contributed by atoms with E-state index >= 15 is 0 Å². The number of pyridine rings is 1. The van der Waals surface area contributed by atoms with Crippen molar-refractivity contribution in [3.63, 3.8) is 0 Å². The van der Waals surface area contributed by atoms with Crippen LogP contribution in [0, 0.1) is 0 Å². The van der Waals surface area contributed by atoms with Gasteiger partial charge in [0.2, 0.25) is 5.78 Å². The molecule has 0 fully saturated rings. The highest BCUT2D eigenvalue weighted by Gasteiger charge is 2.46. The maximum atomic E-state index is 13.3. The Morgan fingerprint density at radius 2 is 1.93 bits per heavy atom. The lowest BCUT2D eigenvalue weighted by Gasteiger charge is -2.24. The number of nitrogens with zero attached hydrogens (tertiary/aromatic N) is 2. The largest absolute Gasteiger partial charge is 0.503 e. The van der Waals surface area contributed by atoms with Crippen molar-refractivity contribution >= 4 is 22.7 Å². The molecule has 1 N–H and O–H groups in total. The number of fused-ring (bicyclic) bond motifs is 1. The number of aliphatic hydroxyl groups excluding tert-OH is 1. The Hall–Kier alpha value is -4.13. The lowest BCUT2D eigenvalue weighted by atomic mass is 9.99. The van der Waals surface area contributed by atoms with Gasteiger partial charge in [0, 0.05) is 11.6 Å². The molecule has 1 aliphatic rings. The van der Waals surface area contributed by atoms with E-state index in [1.54, 1.807) is 54.7 Å². The van der Waals surface area contributed by atoms with E-state index in [9.17, 15) is 14.7 Å². The van der Waals surface area contributed by atoms with Gasteiger partial charge in [-0.3, -0.25) is 14.6 Å². The number of hydrogen-bond donors (Lipinski definition) is 1. The van der Waals surface area contributed by atoms with Crippen LogP contribution in [0.3, 0.4) is 0 Å². The highest BCUT2D eigenvalue weighted by Crippen LogP contribution is 2.40. The minimum atomic E-state index is -0.893. The SMILES string of the molecule is O=C(C1=C(O)C(=O)N(Cc2ccccn2)C1c1ccco1)c1cc2ccccc2o1. The summed E-state index contributed by atoms with van der Waals surface area (Å²) in [6.45, 7) is 0.103. The third kappa shape index (κ3) is 2.88. The molecule has 7 heteroatoms. The van der Waals surface area contributed by atoms with E-state index in [0.29, 0.717) is 17.0 Å². The van der Waals surface area contributed by atoms with Gasteiger partial charge < -0.3 is 18.8 Å². The molecule has 30 heavy (non-hydrogen) atoms. The zero-order valence-electron chi connectivity index (χ0n) is 15.7. The van der Waals surface area contributed by atoms with Crippen molar-refractivity contribution in [2.75, 3.05) is 0 Å². The molecule has 0 radical (unpaired) electrons. The number of furan rings is 2. The molecular formula is C23H16N2O5. The lowest BCUT2D eigenvalue weighted by molar-refractivity contribution is -0.130. The Labute approximate surface area is 170 Å². The molecule has 1 amide bonds. The monoisotopic (exact) mass is 400 g/mol. The number of Topliss-reactive ketones (excluding diaryl/α,β-unsaturated/α-hetero) is 1. The molecule has 0 aliphatic carbocycles. The average Bonchev–Trinajstić information content (AvgIpc) is 3.49. The van der Waals surface area contributed by atoms with Gasteiger partial charge in [-0.15, -0.1) is 0 Å². The molecule has 1 aromatic carbocycles. The summed E-state index contributed by atoms with van der Waals surface area (Å²) < 4.78 is 11.2. The summed E-state index contributed by atoms with van der Waals surface area (Å²) in [6.07, 6.45) is 3.07. The second kappa shape index (κ2) is 7.04. The number of aromatic nitrogens is 1. The van der Waals surface area contributed by atoms with Crippen molar-refractivity contribution < 1.29 is 23.5 Å². The van der Waals surface area contributed by atoms with Crippen LogP contribution in [0.4, 0.5) is 0 Å². The number of carbonyl (C=O) groups excluding carboxylic acids is 2. The van der Waals surface area contributed by atoms with Crippen LogP contribution >= 0.6 is 0 Å². The van der Waals surface area contributed by atoms with E-state index in [1.165, 1.54) is 11.2 Å². The molecule has 4 heterocycles. The standard InChI is InChI=1S/C23H16N2O5/c26-21(18-12-14-6-1-2-8-16(14)30-18)19-20(17-9-5-11-29-17)25(23(28)22(19)27)13-15-7-3-4-10-24-15/h1-12,20,27H,13H2. The number of aliphatic hydroxyl groups is 1. The first-order valence-electron chi connectivity index (χ1n) is 9.34. The van der Waals surface area contributed by atoms with Gasteiger partial charge in [0.25, 0.3) is 5.91 Å². The molecule has 1 aliphatic heterocycles. The molecule has 1 unspecified atom stereocenters. The summed E-state index contributed by atoms with van der Waals surface area (Å²) in [5.74, 6) is -1.44. The summed E-state index contributed by atoms with van der Waals surface area (Å²) in [6, 6.07) is 16.6. The van der Waals surface area contributed by atoms with Gasteiger partial charge in [-0.25, -0.2) is 0 Å². The minimum absolute atomic E-state index is 0.0433. The van der Waals surface area contributed by atoms with Crippen LogP contribution in [0.5, 0.6) is 0 Å². The number of amides is 1. The van der Waals surface area contributed by atoms with E-state index in [1.807, 2.05) is 12.1 Å². The highest BCUT2D eigenvalue weighted by atomic mass is 16.3. The zero-order valence-corrected chi connectivity index (χ0v) is 15.7. The van der Waals surface area contributed by atoms with Crippen LogP contribution in [-0.2, 0) is 11.3 Å². The molecule has 7 nitrogen and oxygen atoms in total. The Balaban J connectivity index is 1.58. The van der Waals surface area contributed by atoms with Crippen molar-refractivity contribution in [3.8, 4) is 0 Å². The van der Waals surface area contributed by atoms with E-state index in [4.69, 9.17) is 8.83 Å². The molecule has 0 saturated carbocycles. The fraction of sp³-hybridized carbons (Fsp3) is 0.0870. The Bertz CT molecular complexity index is 1240. The third-order valence-corrected chi connectivity index (χ3v) is 5.07. The first-order chi connectivity index (χ1) is 14.6. The molecule has 0 saturated heterocycles. The fourth-order valence-electron chi connectivity index (χ4n) is 3.68. The fourth-order valence-corrected chi connectivity index (χ4v) is 3.68. The smallest absolute Gasteiger partial charge is 0.290 e.